The van der Waals surface area contributed by atoms with Crippen LogP contribution in [-0.2, 0) is 26.8 Å². The molecule has 3 aromatic rings. The van der Waals surface area contributed by atoms with E-state index in [1.54, 1.807) is 6.08 Å². The van der Waals surface area contributed by atoms with Crippen molar-refractivity contribution in [2.75, 3.05) is 18.0 Å². The van der Waals surface area contributed by atoms with Gasteiger partial charge in [0.25, 0.3) is 0 Å². The Balaban J connectivity index is 1.60. The van der Waals surface area contributed by atoms with Crippen molar-refractivity contribution in [2.45, 2.75) is 64.7 Å². The SMILES string of the molecule is Cc1ccc2c(c1)C(C)(Cc1ccccc1C)\C(=C/C=C(C#N)/C=C/C1=[N+](CCC(=O)O)c3ccccc3C1(C)C)N2CCC(=O)O. The molecule has 5 rings (SSSR count). The molecule has 0 radical (unpaired) electrons. The van der Waals surface area contributed by atoms with Crippen LogP contribution in [0.25, 0.3) is 0 Å². The van der Waals surface area contributed by atoms with Crippen molar-refractivity contribution in [1.82, 2.24) is 0 Å². The number of carboxylic acid groups (broad SMARTS) is 2. The maximum atomic E-state index is 11.7. The molecule has 2 aliphatic rings. The smallest absolute Gasteiger partial charge is 0.309 e. The molecule has 7 heteroatoms. The minimum Gasteiger partial charge on any atom is -0.481 e. The molecule has 1 atom stereocenters. The summed E-state index contributed by atoms with van der Waals surface area (Å²) in [6.07, 6.45) is 8.17. The van der Waals surface area contributed by atoms with E-state index in [0.717, 1.165) is 39.5 Å². The summed E-state index contributed by atoms with van der Waals surface area (Å²) in [5, 5.41) is 29.4. The van der Waals surface area contributed by atoms with E-state index < -0.39 is 22.8 Å². The molecule has 2 heterocycles. The molecule has 1 unspecified atom stereocenters. The number of hydrogen-bond acceptors (Lipinski definition) is 4. The number of rotatable bonds is 11. The summed E-state index contributed by atoms with van der Waals surface area (Å²) in [4.78, 5) is 25.3. The van der Waals surface area contributed by atoms with Crippen molar-refractivity contribution in [2.24, 2.45) is 0 Å². The van der Waals surface area contributed by atoms with Crippen LogP contribution in [-0.4, -0.2) is 45.5 Å². The Morgan fingerprint density at radius 1 is 0.936 bits per heavy atom. The third-order valence-corrected chi connectivity index (χ3v) is 9.57. The molecular weight excluding hydrogens is 586 g/mol. The number of carbonyl (C=O) groups is 2. The lowest BCUT2D eigenvalue weighted by Gasteiger charge is -2.31. The van der Waals surface area contributed by atoms with Crippen LogP contribution >= 0.6 is 0 Å². The lowest BCUT2D eigenvalue weighted by molar-refractivity contribution is -0.436. The molecule has 0 saturated heterocycles. The van der Waals surface area contributed by atoms with E-state index in [0.29, 0.717) is 25.1 Å². The van der Waals surface area contributed by atoms with Gasteiger partial charge < -0.3 is 15.1 Å². The molecule has 7 nitrogen and oxygen atoms in total. The van der Waals surface area contributed by atoms with E-state index in [1.165, 1.54) is 11.1 Å². The van der Waals surface area contributed by atoms with Gasteiger partial charge in [0.15, 0.2) is 12.3 Å². The number of anilines is 1. The Morgan fingerprint density at radius 3 is 2.34 bits per heavy atom. The van der Waals surface area contributed by atoms with Crippen LogP contribution in [0.5, 0.6) is 0 Å². The summed E-state index contributed by atoms with van der Waals surface area (Å²) in [7, 11) is 0. The standard InChI is InChI=1S/C40H41N3O4/c1-27-14-17-34-32(24-27)40(5,25-30-11-7-6-10-28(30)2)36(43(34)23-21-38(46)47)19-16-29(26-41)15-18-35-39(3,4)31-12-8-9-13-33(31)42(35)22-20-37(44)45/h6-19,24H,20-23,25H2,1-5H3,(H-,44,45,46,47)/p+1. The monoisotopic (exact) mass is 628 g/mol. The molecule has 0 saturated carbocycles. The average Bonchev–Trinajstić information content (AvgIpc) is 3.39. The zero-order valence-electron chi connectivity index (χ0n) is 27.7. The number of benzene rings is 3. The highest BCUT2D eigenvalue weighted by Crippen LogP contribution is 2.50. The van der Waals surface area contributed by atoms with Gasteiger partial charge in [-0.15, -0.1) is 0 Å². The summed E-state index contributed by atoms with van der Waals surface area (Å²) in [6.45, 7) is 11.2. The van der Waals surface area contributed by atoms with Gasteiger partial charge in [0, 0.05) is 41.1 Å². The third-order valence-electron chi connectivity index (χ3n) is 9.57. The fourth-order valence-corrected chi connectivity index (χ4v) is 7.05. The molecule has 0 bridgehead atoms. The van der Waals surface area contributed by atoms with Crippen molar-refractivity contribution in [3.05, 3.63) is 130 Å². The number of nitriles is 1. The maximum Gasteiger partial charge on any atom is 0.309 e. The number of nitrogens with zero attached hydrogens (tertiary/aromatic N) is 3. The Hall–Kier alpha value is -5.22. The van der Waals surface area contributed by atoms with Crippen LogP contribution in [0.1, 0.15) is 61.4 Å². The Bertz CT molecular complexity index is 1910. The molecule has 240 valence electrons. The van der Waals surface area contributed by atoms with Crippen LogP contribution in [0.15, 0.2) is 102 Å². The van der Waals surface area contributed by atoms with Gasteiger partial charge in [0.1, 0.15) is 6.42 Å². The van der Waals surface area contributed by atoms with E-state index in [4.69, 9.17) is 0 Å². The fraction of sp³-hybridized carbons (Fsp3) is 0.300. The highest BCUT2D eigenvalue weighted by atomic mass is 16.4. The number of allylic oxidation sites excluding steroid dienone is 6. The van der Waals surface area contributed by atoms with Gasteiger partial charge in [0.2, 0.25) is 5.69 Å². The van der Waals surface area contributed by atoms with Crippen LogP contribution in [0.4, 0.5) is 11.4 Å². The molecular formula is C40H42N3O4+. The van der Waals surface area contributed by atoms with Crippen molar-refractivity contribution in [3.8, 4) is 6.07 Å². The van der Waals surface area contributed by atoms with Gasteiger partial charge >= 0.3 is 11.9 Å². The van der Waals surface area contributed by atoms with Gasteiger partial charge in [-0.1, -0.05) is 60.2 Å². The van der Waals surface area contributed by atoms with E-state index >= 15 is 0 Å². The van der Waals surface area contributed by atoms with E-state index in [-0.39, 0.29) is 12.8 Å². The van der Waals surface area contributed by atoms with Gasteiger partial charge in [0.05, 0.1) is 23.5 Å². The normalized spacial score (nSPS) is 19.3. The minimum atomic E-state index is -0.869. The van der Waals surface area contributed by atoms with E-state index in [9.17, 15) is 25.1 Å². The van der Waals surface area contributed by atoms with Crippen LogP contribution < -0.4 is 4.90 Å². The molecule has 2 N–H and O–H groups in total. The van der Waals surface area contributed by atoms with Gasteiger partial charge in [-0.05, 0) is 82.0 Å². The Kier molecular flexibility index (Phi) is 9.35. The second-order valence-corrected chi connectivity index (χ2v) is 13.2. The highest BCUT2D eigenvalue weighted by molar-refractivity contribution is 6.03. The summed E-state index contributed by atoms with van der Waals surface area (Å²) >= 11 is 0. The predicted molar refractivity (Wildman–Crippen MR) is 185 cm³/mol. The number of para-hydroxylation sites is 1. The summed E-state index contributed by atoms with van der Waals surface area (Å²) in [6, 6.07) is 25.0. The molecule has 47 heavy (non-hydrogen) atoms. The summed E-state index contributed by atoms with van der Waals surface area (Å²) in [5.41, 5.74) is 9.13. The molecule has 3 aromatic carbocycles. The largest absolute Gasteiger partial charge is 0.481 e. The van der Waals surface area contributed by atoms with Crippen LogP contribution in [0.2, 0.25) is 0 Å². The van der Waals surface area contributed by atoms with E-state index in [1.807, 2.05) is 53.1 Å². The lowest BCUT2D eigenvalue weighted by atomic mass is 9.75. The average molecular weight is 629 g/mol. The number of carboxylic acids is 2. The zero-order valence-corrected chi connectivity index (χ0v) is 27.7. The molecule has 0 aromatic heterocycles. The molecule has 0 amide bonds. The maximum absolute atomic E-state index is 11.7. The topological polar surface area (TPSA) is 105 Å². The second-order valence-electron chi connectivity index (χ2n) is 13.2. The predicted octanol–water partition coefficient (Wildman–Crippen LogP) is 7.54. The Labute approximate surface area is 277 Å². The van der Waals surface area contributed by atoms with Gasteiger partial charge in [-0.2, -0.15) is 9.84 Å². The van der Waals surface area contributed by atoms with Crippen molar-refractivity contribution in [3.63, 3.8) is 0 Å². The molecule has 0 fully saturated rings. The third kappa shape index (κ3) is 6.55. The first-order chi connectivity index (χ1) is 22.4. The van der Waals surface area contributed by atoms with Crippen molar-refractivity contribution >= 4 is 29.0 Å². The number of aliphatic carboxylic acids is 2. The van der Waals surface area contributed by atoms with E-state index in [2.05, 4.69) is 82.0 Å². The molecule has 0 spiro atoms. The molecule has 2 aliphatic heterocycles. The van der Waals surface area contributed by atoms with Crippen molar-refractivity contribution < 1.29 is 24.4 Å². The first-order valence-electron chi connectivity index (χ1n) is 16.0. The first-order valence-corrected chi connectivity index (χ1v) is 16.0. The van der Waals surface area contributed by atoms with Crippen LogP contribution in [0.3, 0.4) is 0 Å². The zero-order chi connectivity index (χ0) is 33.9. The highest BCUT2D eigenvalue weighted by Gasteiger charge is 2.45. The quantitative estimate of drug-likeness (QED) is 0.129. The summed E-state index contributed by atoms with van der Waals surface area (Å²) < 4.78 is 2.04. The van der Waals surface area contributed by atoms with Crippen LogP contribution in [0, 0.1) is 25.2 Å². The summed E-state index contributed by atoms with van der Waals surface area (Å²) in [5.74, 6) is -1.74. The van der Waals surface area contributed by atoms with Crippen molar-refractivity contribution in [1.29, 1.82) is 5.26 Å². The Morgan fingerprint density at radius 2 is 1.64 bits per heavy atom. The number of fused-ring (bicyclic) bond motifs is 2. The first kappa shape index (κ1) is 33.2. The lowest BCUT2D eigenvalue weighted by Crippen LogP contribution is -2.32. The van der Waals surface area contributed by atoms with Gasteiger partial charge in [-0.25, -0.2) is 0 Å². The molecule has 0 aliphatic carbocycles. The minimum absolute atomic E-state index is 0.0134. The number of hydrogen-bond donors (Lipinski definition) is 2. The number of aryl methyl sites for hydroxylation is 2. The second kappa shape index (κ2) is 13.3. The fourth-order valence-electron chi connectivity index (χ4n) is 7.05. The van der Waals surface area contributed by atoms with Gasteiger partial charge in [-0.3, -0.25) is 9.59 Å².